The minimum absolute atomic E-state index is 0. The zero-order chi connectivity index (χ0) is 13.0. The summed E-state index contributed by atoms with van der Waals surface area (Å²) in [6.07, 6.45) is 2.71. The van der Waals surface area contributed by atoms with Crippen molar-refractivity contribution in [1.29, 1.82) is 0 Å². The molecule has 1 N–H and O–H groups in total. The van der Waals surface area contributed by atoms with Crippen LogP contribution in [0.5, 0.6) is 0 Å². The molecular weight excluding hydrogens is 256 g/mol. The first-order chi connectivity index (χ1) is 8.70. The fourth-order valence-electron chi connectivity index (χ4n) is 3.05. The molecular formula is C16H27ClN2. The van der Waals surface area contributed by atoms with Gasteiger partial charge in [0.05, 0.1) is 0 Å². The van der Waals surface area contributed by atoms with E-state index in [1.54, 1.807) is 0 Å². The molecule has 19 heavy (non-hydrogen) atoms. The number of hydrogen-bond donors (Lipinski definition) is 1. The van der Waals surface area contributed by atoms with Crippen LogP contribution in [0.3, 0.4) is 0 Å². The van der Waals surface area contributed by atoms with Crippen molar-refractivity contribution in [2.45, 2.75) is 32.7 Å². The molecule has 1 heterocycles. The van der Waals surface area contributed by atoms with Crippen molar-refractivity contribution in [3.8, 4) is 0 Å². The second kappa shape index (κ2) is 7.88. The molecule has 3 heteroatoms. The van der Waals surface area contributed by atoms with E-state index in [0.29, 0.717) is 6.04 Å². The lowest BCUT2D eigenvalue weighted by atomic mass is 9.95. The van der Waals surface area contributed by atoms with Gasteiger partial charge in [0, 0.05) is 12.6 Å². The number of rotatable bonds is 4. The van der Waals surface area contributed by atoms with E-state index in [4.69, 9.17) is 0 Å². The van der Waals surface area contributed by atoms with Gasteiger partial charge in [-0.1, -0.05) is 29.8 Å². The Bertz CT molecular complexity index is 379. The molecule has 0 amide bonds. The number of nitrogens with one attached hydrogen (secondary N) is 1. The molecule has 1 aliphatic rings. The van der Waals surface area contributed by atoms with Gasteiger partial charge < -0.3 is 5.32 Å². The fourth-order valence-corrected chi connectivity index (χ4v) is 3.05. The maximum Gasteiger partial charge on any atom is 0.0320 e. The third-order valence-electron chi connectivity index (χ3n) is 4.12. The Morgan fingerprint density at radius 1 is 1.42 bits per heavy atom. The molecule has 2 rings (SSSR count). The number of nitrogens with zero attached hydrogens (tertiary/aromatic N) is 1. The first-order valence-corrected chi connectivity index (χ1v) is 7.16. The topological polar surface area (TPSA) is 15.3 Å². The maximum atomic E-state index is 3.32. The maximum absolute atomic E-state index is 3.32. The Balaban J connectivity index is 0.00000180. The zero-order valence-corrected chi connectivity index (χ0v) is 13.2. The summed E-state index contributed by atoms with van der Waals surface area (Å²) in [5.74, 6) is 0.816. The first-order valence-electron chi connectivity index (χ1n) is 7.16. The third kappa shape index (κ3) is 4.48. The van der Waals surface area contributed by atoms with Crippen LogP contribution in [-0.2, 0) is 0 Å². The van der Waals surface area contributed by atoms with E-state index in [2.05, 4.69) is 55.4 Å². The summed E-state index contributed by atoms with van der Waals surface area (Å²) in [5.41, 5.74) is 2.82. The Morgan fingerprint density at radius 2 is 2.21 bits per heavy atom. The Kier molecular flexibility index (Phi) is 6.84. The van der Waals surface area contributed by atoms with E-state index in [1.165, 1.54) is 37.1 Å². The van der Waals surface area contributed by atoms with Crippen LogP contribution >= 0.6 is 12.4 Å². The number of halogens is 1. The largest absolute Gasteiger partial charge is 0.319 e. The van der Waals surface area contributed by atoms with Crippen LogP contribution in [0, 0.1) is 12.8 Å². The highest BCUT2D eigenvalue weighted by Crippen LogP contribution is 2.26. The van der Waals surface area contributed by atoms with Crippen molar-refractivity contribution in [3.63, 3.8) is 0 Å². The van der Waals surface area contributed by atoms with Gasteiger partial charge in [-0.3, -0.25) is 4.90 Å². The van der Waals surface area contributed by atoms with Gasteiger partial charge in [-0.05, 0) is 58.3 Å². The average molecular weight is 283 g/mol. The van der Waals surface area contributed by atoms with Crippen LogP contribution in [0.15, 0.2) is 24.3 Å². The molecule has 0 aromatic heterocycles. The molecule has 2 atom stereocenters. The van der Waals surface area contributed by atoms with Gasteiger partial charge in [-0.15, -0.1) is 12.4 Å². The van der Waals surface area contributed by atoms with Crippen LogP contribution in [0.25, 0.3) is 0 Å². The summed E-state index contributed by atoms with van der Waals surface area (Å²) in [6.45, 7) is 8.15. The van der Waals surface area contributed by atoms with Crippen molar-refractivity contribution in [2.75, 3.05) is 26.7 Å². The van der Waals surface area contributed by atoms with E-state index >= 15 is 0 Å². The second-order valence-electron chi connectivity index (χ2n) is 5.65. The van der Waals surface area contributed by atoms with Gasteiger partial charge in [0.15, 0.2) is 0 Å². The Hall–Kier alpha value is -0.570. The smallest absolute Gasteiger partial charge is 0.0320 e. The molecule has 1 fully saturated rings. The average Bonchev–Trinajstić information content (AvgIpc) is 2.39. The highest BCUT2D eigenvalue weighted by atomic mass is 35.5. The lowest BCUT2D eigenvalue weighted by Gasteiger charge is -2.37. The fraction of sp³-hybridized carbons (Fsp3) is 0.625. The number of piperidine rings is 1. The summed E-state index contributed by atoms with van der Waals surface area (Å²) >= 11 is 0. The van der Waals surface area contributed by atoms with Crippen LogP contribution in [0.4, 0.5) is 0 Å². The summed E-state index contributed by atoms with van der Waals surface area (Å²) in [7, 11) is 2.06. The van der Waals surface area contributed by atoms with Crippen molar-refractivity contribution in [3.05, 3.63) is 35.4 Å². The van der Waals surface area contributed by atoms with Crippen LogP contribution in [0.2, 0.25) is 0 Å². The van der Waals surface area contributed by atoms with Crippen molar-refractivity contribution in [2.24, 2.45) is 5.92 Å². The van der Waals surface area contributed by atoms with E-state index in [9.17, 15) is 0 Å². The third-order valence-corrected chi connectivity index (χ3v) is 4.12. The van der Waals surface area contributed by atoms with E-state index < -0.39 is 0 Å². The number of hydrogen-bond acceptors (Lipinski definition) is 2. The molecule has 108 valence electrons. The molecule has 0 radical (unpaired) electrons. The van der Waals surface area contributed by atoms with Crippen LogP contribution in [0.1, 0.15) is 36.9 Å². The molecule has 2 nitrogen and oxygen atoms in total. The van der Waals surface area contributed by atoms with Gasteiger partial charge in [0.1, 0.15) is 0 Å². The van der Waals surface area contributed by atoms with E-state index in [-0.39, 0.29) is 12.4 Å². The molecule has 0 bridgehead atoms. The van der Waals surface area contributed by atoms with Gasteiger partial charge in [0.2, 0.25) is 0 Å². The molecule has 1 saturated heterocycles. The van der Waals surface area contributed by atoms with Gasteiger partial charge in [-0.25, -0.2) is 0 Å². The molecule has 0 spiro atoms. The molecule has 1 aliphatic heterocycles. The molecule has 1 aromatic rings. The van der Waals surface area contributed by atoms with Crippen LogP contribution < -0.4 is 5.32 Å². The highest BCUT2D eigenvalue weighted by Gasteiger charge is 2.23. The predicted octanol–water partition coefficient (Wildman–Crippen LogP) is 3.41. The SMILES string of the molecule is CNCC1CCCN(C(C)c2cccc(C)c2)C1.Cl. The summed E-state index contributed by atoms with van der Waals surface area (Å²) in [5, 5.41) is 3.32. The minimum atomic E-state index is 0. The summed E-state index contributed by atoms with van der Waals surface area (Å²) in [6, 6.07) is 9.49. The van der Waals surface area contributed by atoms with E-state index in [1.807, 2.05) is 0 Å². The summed E-state index contributed by atoms with van der Waals surface area (Å²) < 4.78 is 0. The number of aryl methyl sites for hydroxylation is 1. The summed E-state index contributed by atoms with van der Waals surface area (Å²) in [4.78, 5) is 2.64. The van der Waals surface area contributed by atoms with Gasteiger partial charge in [0.25, 0.3) is 0 Å². The highest BCUT2D eigenvalue weighted by molar-refractivity contribution is 5.85. The number of benzene rings is 1. The second-order valence-corrected chi connectivity index (χ2v) is 5.65. The monoisotopic (exact) mass is 282 g/mol. The zero-order valence-electron chi connectivity index (χ0n) is 12.4. The normalized spacial score (nSPS) is 21.7. The predicted molar refractivity (Wildman–Crippen MR) is 85.1 cm³/mol. The Labute approximate surface area is 124 Å². The Morgan fingerprint density at radius 3 is 2.89 bits per heavy atom. The first kappa shape index (κ1) is 16.5. The molecule has 1 aromatic carbocycles. The van der Waals surface area contributed by atoms with Crippen molar-refractivity contribution < 1.29 is 0 Å². The standard InChI is InChI=1S/C16H26N2.ClH/c1-13-6-4-8-16(10-13)14(2)18-9-5-7-15(12-18)11-17-3;/h4,6,8,10,14-15,17H,5,7,9,11-12H2,1-3H3;1H. The van der Waals surface area contributed by atoms with Gasteiger partial charge in [-0.2, -0.15) is 0 Å². The van der Waals surface area contributed by atoms with Crippen molar-refractivity contribution in [1.82, 2.24) is 10.2 Å². The van der Waals surface area contributed by atoms with E-state index in [0.717, 1.165) is 12.5 Å². The van der Waals surface area contributed by atoms with Crippen molar-refractivity contribution >= 4 is 12.4 Å². The minimum Gasteiger partial charge on any atom is -0.319 e. The van der Waals surface area contributed by atoms with Crippen LogP contribution in [-0.4, -0.2) is 31.6 Å². The lowest BCUT2D eigenvalue weighted by molar-refractivity contribution is 0.131. The molecule has 0 aliphatic carbocycles. The molecule has 2 unspecified atom stereocenters. The quantitative estimate of drug-likeness (QED) is 0.910. The molecule has 0 saturated carbocycles. The number of likely N-dealkylation sites (tertiary alicyclic amines) is 1. The lowest BCUT2D eigenvalue weighted by Crippen LogP contribution is -2.40. The van der Waals surface area contributed by atoms with Gasteiger partial charge >= 0.3 is 0 Å².